The second-order valence-corrected chi connectivity index (χ2v) is 5.22. The summed E-state index contributed by atoms with van der Waals surface area (Å²) in [5, 5.41) is 9.06. The highest BCUT2D eigenvalue weighted by Gasteiger charge is 2.10. The van der Waals surface area contributed by atoms with E-state index in [2.05, 4.69) is 46.8 Å². The van der Waals surface area contributed by atoms with E-state index in [1.54, 1.807) is 12.4 Å². The van der Waals surface area contributed by atoms with E-state index in [0.717, 1.165) is 20.2 Å². The van der Waals surface area contributed by atoms with E-state index in [1.807, 2.05) is 13.0 Å². The van der Waals surface area contributed by atoms with Crippen molar-refractivity contribution in [2.75, 3.05) is 0 Å². The predicted molar refractivity (Wildman–Crippen MR) is 71.3 cm³/mol. The Morgan fingerprint density at radius 1 is 1.24 bits per heavy atom. The molecule has 0 unspecified atom stereocenters. The highest BCUT2D eigenvalue weighted by Crippen LogP contribution is 2.26. The van der Waals surface area contributed by atoms with Crippen LogP contribution in [0, 0.1) is 6.92 Å². The first-order chi connectivity index (χ1) is 8.11. The van der Waals surface area contributed by atoms with Crippen molar-refractivity contribution in [2.24, 2.45) is 0 Å². The molecule has 0 aliphatic carbocycles. The van der Waals surface area contributed by atoms with Crippen LogP contribution in [0.1, 0.15) is 11.3 Å². The van der Waals surface area contributed by atoms with Crippen molar-refractivity contribution in [2.45, 2.75) is 13.5 Å². The number of aryl methyl sites for hydroxylation is 1. The molecule has 0 amide bonds. The minimum Gasteiger partial charge on any atom is -0.392 e. The number of aliphatic hydroxyl groups excluding tert-OH is 1. The monoisotopic (exact) mass is 357 g/mol. The van der Waals surface area contributed by atoms with Gasteiger partial charge in [-0.3, -0.25) is 4.98 Å². The van der Waals surface area contributed by atoms with Crippen molar-refractivity contribution in [1.82, 2.24) is 15.0 Å². The maximum absolute atomic E-state index is 9.06. The van der Waals surface area contributed by atoms with Crippen LogP contribution in [-0.2, 0) is 6.61 Å². The Kier molecular flexibility index (Phi) is 3.86. The summed E-state index contributed by atoms with van der Waals surface area (Å²) >= 11 is 6.76. The molecule has 2 aromatic heterocycles. The summed E-state index contributed by atoms with van der Waals surface area (Å²) in [6.07, 6.45) is 3.31. The molecule has 0 saturated heterocycles. The molecule has 2 rings (SSSR count). The van der Waals surface area contributed by atoms with E-state index in [0.29, 0.717) is 11.5 Å². The topological polar surface area (TPSA) is 58.9 Å². The Morgan fingerprint density at radius 2 is 2.00 bits per heavy atom. The van der Waals surface area contributed by atoms with Gasteiger partial charge >= 0.3 is 0 Å². The van der Waals surface area contributed by atoms with E-state index in [-0.39, 0.29) is 6.61 Å². The molecule has 0 aliphatic rings. The lowest BCUT2D eigenvalue weighted by molar-refractivity contribution is 0.280. The molecule has 0 aromatic carbocycles. The van der Waals surface area contributed by atoms with Gasteiger partial charge in [0.25, 0.3) is 0 Å². The minimum atomic E-state index is -0.0545. The van der Waals surface area contributed by atoms with E-state index in [1.165, 1.54) is 0 Å². The van der Waals surface area contributed by atoms with Gasteiger partial charge in [0.1, 0.15) is 5.69 Å². The SMILES string of the molecule is Cc1nc(-c2ncc(Br)cc2Br)ncc1CO. The second-order valence-electron chi connectivity index (χ2n) is 3.45. The molecule has 2 heterocycles. The summed E-state index contributed by atoms with van der Waals surface area (Å²) in [5.41, 5.74) is 2.16. The van der Waals surface area contributed by atoms with Crippen LogP contribution in [0.2, 0.25) is 0 Å². The molecule has 0 spiro atoms. The summed E-state index contributed by atoms with van der Waals surface area (Å²) in [6, 6.07) is 1.89. The predicted octanol–water partition coefficient (Wildman–Crippen LogP) is 2.86. The molecule has 0 bridgehead atoms. The molecule has 0 fully saturated rings. The minimum absolute atomic E-state index is 0.0545. The van der Waals surface area contributed by atoms with Gasteiger partial charge in [0.2, 0.25) is 0 Å². The summed E-state index contributed by atoms with van der Waals surface area (Å²) in [5.74, 6) is 0.541. The maximum atomic E-state index is 9.06. The number of aliphatic hydroxyl groups is 1. The van der Waals surface area contributed by atoms with Crippen molar-refractivity contribution in [1.29, 1.82) is 0 Å². The first-order valence-electron chi connectivity index (χ1n) is 4.86. The van der Waals surface area contributed by atoms with Crippen molar-refractivity contribution in [3.05, 3.63) is 38.7 Å². The van der Waals surface area contributed by atoms with Gasteiger partial charge in [-0.05, 0) is 44.8 Å². The van der Waals surface area contributed by atoms with Crippen molar-refractivity contribution in [3.8, 4) is 11.5 Å². The molecule has 6 heteroatoms. The lowest BCUT2D eigenvalue weighted by atomic mass is 10.2. The number of pyridine rings is 1. The lowest BCUT2D eigenvalue weighted by Gasteiger charge is -2.05. The van der Waals surface area contributed by atoms with E-state index in [4.69, 9.17) is 5.11 Å². The Morgan fingerprint density at radius 3 is 2.59 bits per heavy atom. The normalized spacial score (nSPS) is 10.6. The Balaban J connectivity index is 2.50. The molecule has 0 radical (unpaired) electrons. The summed E-state index contributed by atoms with van der Waals surface area (Å²) in [7, 11) is 0. The summed E-state index contributed by atoms with van der Waals surface area (Å²) in [4.78, 5) is 12.8. The molecule has 0 atom stereocenters. The van der Waals surface area contributed by atoms with Crippen LogP contribution in [0.3, 0.4) is 0 Å². The number of hydrogen-bond acceptors (Lipinski definition) is 4. The van der Waals surface area contributed by atoms with Crippen molar-refractivity contribution in [3.63, 3.8) is 0 Å². The Hall–Kier alpha value is -0.850. The van der Waals surface area contributed by atoms with Gasteiger partial charge in [0.05, 0.1) is 6.61 Å². The highest BCUT2D eigenvalue weighted by molar-refractivity contribution is 9.11. The van der Waals surface area contributed by atoms with Crippen LogP contribution < -0.4 is 0 Å². The first-order valence-corrected chi connectivity index (χ1v) is 6.45. The maximum Gasteiger partial charge on any atom is 0.179 e. The van der Waals surface area contributed by atoms with Crippen LogP contribution in [0.5, 0.6) is 0 Å². The number of rotatable bonds is 2. The third kappa shape index (κ3) is 2.70. The summed E-state index contributed by atoms with van der Waals surface area (Å²) < 4.78 is 1.71. The zero-order valence-electron chi connectivity index (χ0n) is 8.98. The molecule has 17 heavy (non-hydrogen) atoms. The summed E-state index contributed by atoms with van der Waals surface area (Å²) in [6.45, 7) is 1.78. The van der Waals surface area contributed by atoms with Crippen molar-refractivity contribution >= 4 is 31.9 Å². The molecule has 1 N–H and O–H groups in total. The van der Waals surface area contributed by atoms with Gasteiger partial charge in [-0.15, -0.1) is 0 Å². The number of aromatic nitrogens is 3. The smallest absolute Gasteiger partial charge is 0.179 e. The van der Waals surface area contributed by atoms with Gasteiger partial charge in [-0.1, -0.05) is 0 Å². The second kappa shape index (κ2) is 5.20. The van der Waals surface area contributed by atoms with Gasteiger partial charge < -0.3 is 5.11 Å². The van der Waals surface area contributed by atoms with Crippen molar-refractivity contribution < 1.29 is 5.11 Å². The third-order valence-corrected chi connectivity index (χ3v) is 3.31. The standard InChI is InChI=1S/C11H9Br2N3O/c1-6-7(5-17)3-15-11(16-6)10-9(13)2-8(12)4-14-10/h2-4,17H,5H2,1H3. The molecule has 0 saturated carbocycles. The fraction of sp³-hybridized carbons (Fsp3) is 0.182. The fourth-order valence-electron chi connectivity index (χ4n) is 1.34. The molecular weight excluding hydrogens is 350 g/mol. The van der Waals surface area contributed by atoms with Crippen LogP contribution in [0.4, 0.5) is 0 Å². The van der Waals surface area contributed by atoms with Crippen LogP contribution in [-0.4, -0.2) is 20.1 Å². The quantitative estimate of drug-likeness (QED) is 0.896. The highest BCUT2D eigenvalue weighted by atomic mass is 79.9. The average molecular weight is 359 g/mol. The molecular formula is C11H9Br2N3O. The Bertz CT molecular complexity index is 560. The van der Waals surface area contributed by atoms with Crippen LogP contribution in [0.25, 0.3) is 11.5 Å². The molecule has 88 valence electrons. The fourth-order valence-corrected chi connectivity index (χ4v) is 2.51. The zero-order valence-corrected chi connectivity index (χ0v) is 12.2. The van der Waals surface area contributed by atoms with Gasteiger partial charge in [-0.2, -0.15) is 0 Å². The third-order valence-electron chi connectivity index (χ3n) is 2.27. The van der Waals surface area contributed by atoms with Crippen LogP contribution in [0.15, 0.2) is 27.4 Å². The van der Waals surface area contributed by atoms with Gasteiger partial charge in [0, 0.05) is 32.6 Å². The number of halogens is 2. The average Bonchev–Trinajstić information content (AvgIpc) is 2.29. The lowest BCUT2D eigenvalue weighted by Crippen LogP contribution is -1.99. The van der Waals surface area contributed by atoms with Gasteiger partial charge in [-0.25, -0.2) is 9.97 Å². The largest absolute Gasteiger partial charge is 0.392 e. The van der Waals surface area contributed by atoms with E-state index in [9.17, 15) is 0 Å². The molecule has 2 aromatic rings. The Labute approximate surface area is 115 Å². The van der Waals surface area contributed by atoms with Crippen LogP contribution >= 0.6 is 31.9 Å². The number of nitrogens with zero attached hydrogens (tertiary/aromatic N) is 3. The molecule has 4 nitrogen and oxygen atoms in total. The number of hydrogen-bond donors (Lipinski definition) is 1. The van der Waals surface area contributed by atoms with E-state index >= 15 is 0 Å². The van der Waals surface area contributed by atoms with E-state index < -0.39 is 0 Å². The first kappa shape index (κ1) is 12.6. The van der Waals surface area contributed by atoms with Gasteiger partial charge in [0.15, 0.2) is 5.82 Å². The molecule has 0 aliphatic heterocycles. The zero-order chi connectivity index (χ0) is 12.4.